The number of rotatable bonds is 4. The van der Waals surface area contributed by atoms with Gasteiger partial charge in [-0.05, 0) is 24.3 Å². The molecule has 1 amide bonds. The third-order valence-corrected chi connectivity index (χ3v) is 3.72. The van der Waals surface area contributed by atoms with Crippen molar-refractivity contribution in [2.24, 2.45) is 0 Å². The van der Waals surface area contributed by atoms with E-state index in [9.17, 15) is 18.7 Å². The van der Waals surface area contributed by atoms with Crippen molar-refractivity contribution in [1.82, 2.24) is 5.32 Å². The summed E-state index contributed by atoms with van der Waals surface area (Å²) in [6.45, 7) is -0.135. The van der Waals surface area contributed by atoms with Crippen LogP contribution in [0.5, 0.6) is 5.75 Å². The molecular formula is C17H15F2NO3. The Morgan fingerprint density at radius 3 is 2.87 bits per heavy atom. The average Bonchev–Trinajstić information content (AvgIpc) is 2.95. The molecule has 120 valence electrons. The molecule has 2 aromatic rings. The molecule has 1 aliphatic heterocycles. The first-order valence-electron chi connectivity index (χ1n) is 7.20. The van der Waals surface area contributed by atoms with Crippen LogP contribution < -0.4 is 10.1 Å². The van der Waals surface area contributed by atoms with Crippen LogP contribution in [0, 0.1) is 11.6 Å². The zero-order chi connectivity index (χ0) is 16.4. The number of carbonyl (C=O) groups is 1. The Morgan fingerprint density at radius 2 is 2.09 bits per heavy atom. The van der Waals surface area contributed by atoms with Crippen molar-refractivity contribution < 1.29 is 23.4 Å². The molecule has 2 atom stereocenters. The number of hydrogen-bond acceptors (Lipinski definition) is 3. The lowest BCUT2D eigenvalue weighted by Gasteiger charge is -2.15. The zero-order valence-electron chi connectivity index (χ0n) is 12.1. The van der Waals surface area contributed by atoms with Gasteiger partial charge in [-0.15, -0.1) is 0 Å². The molecular weight excluding hydrogens is 304 g/mol. The number of aliphatic hydroxyl groups is 1. The number of fused-ring (bicyclic) bond motifs is 1. The monoisotopic (exact) mass is 319 g/mol. The van der Waals surface area contributed by atoms with Crippen molar-refractivity contribution in [3.8, 4) is 5.75 Å². The number of ether oxygens (including phenoxy) is 1. The van der Waals surface area contributed by atoms with E-state index in [1.54, 1.807) is 6.07 Å². The molecule has 1 aliphatic rings. The number of benzene rings is 2. The molecule has 0 spiro atoms. The van der Waals surface area contributed by atoms with Crippen molar-refractivity contribution >= 4 is 5.91 Å². The topological polar surface area (TPSA) is 58.6 Å². The van der Waals surface area contributed by atoms with E-state index in [0.717, 1.165) is 0 Å². The molecule has 0 aromatic heterocycles. The second-order valence-corrected chi connectivity index (χ2v) is 5.35. The second-order valence-electron chi connectivity index (χ2n) is 5.35. The van der Waals surface area contributed by atoms with Crippen LogP contribution in [0.15, 0.2) is 42.5 Å². The van der Waals surface area contributed by atoms with E-state index in [-0.39, 0.29) is 24.3 Å². The van der Waals surface area contributed by atoms with Crippen LogP contribution in [0.4, 0.5) is 8.78 Å². The van der Waals surface area contributed by atoms with Gasteiger partial charge < -0.3 is 15.2 Å². The van der Waals surface area contributed by atoms with E-state index in [2.05, 4.69) is 5.32 Å². The molecule has 1 heterocycles. The van der Waals surface area contributed by atoms with Crippen LogP contribution in [0.1, 0.15) is 17.2 Å². The number of halogens is 2. The van der Waals surface area contributed by atoms with Crippen LogP contribution >= 0.6 is 0 Å². The van der Waals surface area contributed by atoms with Crippen LogP contribution in [0.2, 0.25) is 0 Å². The smallest absolute Gasteiger partial charge is 0.261 e. The molecule has 0 fully saturated rings. The summed E-state index contributed by atoms with van der Waals surface area (Å²) in [6.07, 6.45) is -1.67. The molecule has 0 bridgehead atoms. The minimum Gasteiger partial charge on any atom is -0.480 e. The maximum absolute atomic E-state index is 13.5. The molecule has 0 radical (unpaired) electrons. The van der Waals surface area contributed by atoms with Gasteiger partial charge in [-0.25, -0.2) is 8.78 Å². The van der Waals surface area contributed by atoms with Crippen molar-refractivity contribution in [2.75, 3.05) is 6.54 Å². The highest BCUT2D eigenvalue weighted by Crippen LogP contribution is 2.29. The molecule has 0 saturated heterocycles. The molecule has 23 heavy (non-hydrogen) atoms. The summed E-state index contributed by atoms with van der Waals surface area (Å²) in [5, 5.41) is 12.5. The van der Waals surface area contributed by atoms with Gasteiger partial charge in [0.1, 0.15) is 17.4 Å². The van der Waals surface area contributed by atoms with Gasteiger partial charge in [0.25, 0.3) is 5.91 Å². The number of amides is 1. The fourth-order valence-corrected chi connectivity index (χ4v) is 2.53. The van der Waals surface area contributed by atoms with Crippen LogP contribution in [0.3, 0.4) is 0 Å². The summed E-state index contributed by atoms with van der Waals surface area (Å²) in [4.78, 5) is 12.1. The first kappa shape index (κ1) is 15.4. The summed E-state index contributed by atoms with van der Waals surface area (Å²) in [7, 11) is 0. The predicted octanol–water partition coefficient (Wildman–Crippen LogP) is 2.12. The van der Waals surface area contributed by atoms with Gasteiger partial charge in [-0.1, -0.05) is 18.2 Å². The molecule has 2 unspecified atom stereocenters. The Hall–Kier alpha value is -2.47. The maximum atomic E-state index is 13.5. The van der Waals surface area contributed by atoms with Gasteiger partial charge in [-0.2, -0.15) is 0 Å². The van der Waals surface area contributed by atoms with Gasteiger partial charge >= 0.3 is 0 Å². The lowest BCUT2D eigenvalue weighted by Crippen LogP contribution is -2.39. The van der Waals surface area contributed by atoms with Crippen molar-refractivity contribution in [2.45, 2.75) is 18.6 Å². The fraction of sp³-hybridized carbons (Fsp3) is 0.235. The normalized spacial score (nSPS) is 17.3. The Balaban J connectivity index is 1.58. The van der Waals surface area contributed by atoms with E-state index in [1.165, 1.54) is 36.4 Å². The Kier molecular flexibility index (Phi) is 4.25. The van der Waals surface area contributed by atoms with Crippen LogP contribution in [-0.4, -0.2) is 23.7 Å². The molecule has 4 nitrogen and oxygen atoms in total. The zero-order valence-corrected chi connectivity index (χ0v) is 12.1. The van der Waals surface area contributed by atoms with E-state index >= 15 is 0 Å². The molecule has 0 saturated carbocycles. The highest BCUT2D eigenvalue weighted by atomic mass is 19.1. The largest absolute Gasteiger partial charge is 0.480 e. The summed E-state index contributed by atoms with van der Waals surface area (Å²) in [5.41, 5.74) is 0.741. The summed E-state index contributed by atoms with van der Waals surface area (Å²) < 4.78 is 32.1. The van der Waals surface area contributed by atoms with Crippen molar-refractivity contribution in [1.29, 1.82) is 0 Å². The van der Waals surface area contributed by atoms with Crippen molar-refractivity contribution in [3.05, 3.63) is 65.2 Å². The predicted molar refractivity (Wildman–Crippen MR) is 78.9 cm³/mol. The molecule has 0 aliphatic carbocycles. The lowest BCUT2D eigenvalue weighted by molar-refractivity contribution is -0.127. The van der Waals surface area contributed by atoms with E-state index < -0.39 is 23.9 Å². The first-order chi connectivity index (χ1) is 11.0. The molecule has 6 heteroatoms. The average molecular weight is 319 g/mol. The number of hydrogen-bond donors (Lipinski definition) is 2. The van der Waals surface area contributed by atoms with Crippen LogP contribution in [0.25, 0.3) is 0 Å². The van der Waals surface area contributed by atoms with Crippen LogP contribution in [-0.2, 0) is 11.2 Å². The van der Waals surface area contributed by atoms with E-state index in [0.29, 0.717) is 11.3 Å². The standard InChI is InChI=1S/C17H15F2NO3/c18-11-5-6-15-10(7-11)8-16(23-15)17(22)20-9-14(21)12-3-1-2-4-13(12)19/h1-7,14,16,21H,8-9H2,(H,20,22). The van der Waals surface area contributed by atoms with Crippen molar-refractivity contribution in [3.63, 3.8) is 0 Å². The quantitative estimate of drug-likeness (QED) is 0.907. The lowest BCUT2D eigenvalue weighted by atomic mass is 10.1. The Morgan fingerprint density at radius 1 is 1.30 bits per heavy atom. The highest BCUT2D eigenvalue weighted by Gasteiger charge is 2.29. The Labute approximate surface area is 131 Å². The number of nitrogens with one attached hydrogen (secondary N) is 1. The van der Waals surface area contributed by atoms with Gasteiger partial charge in [0.05, 0.1) is 6.10 Å². The summed E-state index contributed by atoms with van der Waals surface area (Å²) >= 11 is 0. The summed E-state index contributed by atoms with van der Waals surface area (Å²) in [5.74, 6) is -0.879. The molecule has 3 rings (SSSR count). The second kappa shape index (κ2) is 6.34. The number of aliphatic hydroxyl groups excluding tert-OH is 1. The molecule has 2 aromatic carbocycles. The fourth-order valence-electron chi connectivity index (χ4n) is 2.53. The third-order valence-electron chi connectivity index (χ3n) is 3.72. The Bertz CT molecular complexity index is 736. The van der Waals surface area contributed by atoms with Gasteiger partial charge in [-0.3, -0.25) is 4.79 Å². The minimum atomic E-state index is -1.15. The highest BCUT2D eigenvalue weighted by molar-refractivity contribution is 5.82. The first-order valence-corrected chi connectivity index (χ1v) is 7.20. The molecule has 2 N–H and O–H groups in total. The van der Waals surface area contributed by atoms with Gasteiger partial charge in [0.15, 0.2) is 6.10 Å². The van der Waals surface area contributed by atoms with Gasteiger partial charge in [0.2, 0.25) is 0 Å². The van der Waals surface area contributed by atoms with E-state index in [4.69, 9.17) is 4.74 Å². The maximum Gasteiger partial charge on any atom is 0.261 e. The summed E-state index contributed by atoms with van der Waals surface area (Å²) in [6, 6.07) is 9.90. The third kappa shape index (κ3) is 3.32. The van der Waals surface area contributed by atoms with E-state index in [1.807, 2.05) is 0 Å². The SMILES string of the molecule is O=C(NCC(O)c1ccccc1F)C1Cc2cc(F)ccc2O1. The minimum absolute atomic E-state index is 0.116. The van der Waals surface area contributed by atoms with Gasteiger partial charge in [0, 0.05) is 24.1 Å². The number of carbonyl (C=O) groups excluding carboxylic acids is 1.